The van der Waals surface area contributed by atoms with Crippen LogP contribution in [0.25, 0.3) is 5.69 Å². The Bertz CT molecular complexity index is 1180. The van der Waals surface area contributed by atoms with Crippen molar-refractivity contribution in [2.24, 2.45) is 5.10 Å². The molecule has 0 unspecified atom stereocenters. The van der Waals surface area contributed by atoms with E-state index in [2.05, 4.69) is 15.8 Å². The van der Waals surface area contributed by atoms with Gasteiger partial charge in [0.1, 0.15) is 0 Å². The second kappa shape index (κ2) is 9.96. The van der Waals surface area contributed by atoms with Crippen molar-refractivity contribution < 1.29 is 14.3 Å². The van der Waals surface area contributed by atoms with Crippen molar-refractivity contribution in [2.45, 2.75) is 34.6 Å². The predicted octanol–water partition coefficient (Wildman–Crippen LogP) is 5.04. The molecule has 32 heavy (non-hydrogen) atoms. The van der Waals surface area contributed by atoms with Crippen molar-refractivity contribution in [3.05, 3.63) is 82.2 Å². The topological polar surface area (TPSA) is 84.7 Å². The van der Waals surface area contributed by atoms with Crippen LogP contribution in [0.3, 0.4) is 0 Å². The molecule has 1 heterocycles. The summed E-state index contributed by atoms with van der Waals surface area (Å²) in [5.74, 6) is -0.349. The van der Waals surface area contributed by atoms with Crippen LogP contribution in [-0.4, -0.2) is 29.4 Å². The lowest BCUT2D eigenvalue weighted by molar-refractivity contribution is 0.0526. The highest BCUT2D eigenvalue weighted by atomic mass is 16.5. The molecule has 2 N–H and O–H groups in total. The largest absolute Gasteiger partial charge is 0.462 e. The molecule has 0 aliphatic carbocycles. The molecule has 1 aromatic heterocycles. The van der Waals surface area contributed by atoms with Gasteiger partial charge in [0.15, 0.2) is 0 Å². The number of ether oxygens (including phenoxy) is 1. The van der Waals surface area contributed by atoms with Gasteiger partial charge in [-0.05, 0) is 76.1 Å². The van der Waals surface area contributed by atoms with Crippen LogP contribution in [0.4, 0.5) is 10.5 Å². The van der Waals surface area contributed by atoms with Gasteiger partial charge < -0.3 is 14.6 Å². The fraction of sp³-hybridized carbons (Fsp3) is 0.240. The predicted molar refractivity (Wildman–Crippen MR) is 127 cm³/mol. The van der Waals surface area contributed by atoms with Crippen LogP contribution in [0.15, 0.2) is 53.6 Å². The highest BCUT2D eigenvalue weighted by Gasteiger charge is 2.13. The maximum absolute atomic E-state index is 12.2. The fourth-order valence-electron chi connectivity index (χ4n) is 3.50. The highest BCUT2D eigenvalue weighted by Crippen LogP contribution is 2.21. The number of hydrogen-bond acceptors (Lipinski definition) is 4. The zero-order chi connectivity index (χ0) is 23.3. The molecule has 7 heteroatoms. The summed E-state index contributed by atoms with van der Waals surface area (Å²) in [6.45, 7) is 10.00. The van der Waals surface area contributed by atoms with Crippen molar-refractivity contribution in [3.8, 4) is 5.69 Å². The number of esters is 1. The first-order valence-corrected chi connectivity index (χ1v) is 10.4. The molecule has 0 spiro atoms. The molecule has 2 aromatic carbocycles. The Morgan fingerprint density at radius 3 is 2.56 bits per heavy atom. The van der Waals surface area contributed by atoms with Gasteiger partial charge in [0.25, 0.3) is 0 Å². The Hall–Kier alpha value is -3.87. The second-order valence-corrected chi connectivity index (χ2v) is 7.50. The van der Waals surface area contributed by atoms with E-state index in [4.69, 9.17) is 4.74 Å². The lowest BCUT2D eigenvalue weighted by atomic mass is 10.1. The minimum atomic E-state index is -0.411. The highest BCUT2D eigenvalue weighted by molar-refractivity contribution is 5.92. The number of carbonyl (C=O) groups excluding carboxylic acids is 2. The van der Waals surface area contributed by atoms with Crippen LogP contribution in [0.5, 0.6) is 0 Å². The molecule has 0 aliphatic heterocycles. The Morgan fingerprint density at radius 2 is 1.81 bits per heavy atom. The molecule has 3 aromatic rings. The number of aryl methyl sites for hydroxylation is 2. The van der Waals surface area contributed by atoms with Gasteiger partial charge in [-0.15, -0.1) is 0 Å². The number of hydrazone groups is 1. The second-order valence-electron chi connectivity index (χ2n) is 7.50. The van der Waals surface area contributed by atoms with Crippen molar-refractivity contribution in [1.29, 1.82) is 0 Å². The molecule has 0 saturated heterocycles. The number of hydrogen-bond donors (Lipinski definition) is 2. The van der Waals surface area contributed by atoms with Crippen molar-refractivity contribution in [1.82, 2.24) is 9.99 Å². The van der Waals surface area contributed by atoms with Gasteiger partial charge in [-0.3, -0.25) is 0 Å². The molecule has 0 aliphatic rings. The molecule has 0 radical (unpaired) electrons. The van der Waals surface area contributed by atoms with Gasteiger partial charge in [0, 0.05) is 28.3 Å². The van der Waals surface area contributed by atoms with Crippen LogP contribution in [-0.2, 0) is 4.74 Å². The number of anilines is 1. The minimum Gasteiger partial charge on any atom is -0.462 e. The quantitative estimate of drug-likeness (QED) is 0.325. The van der Waals surface area contributed by atoms with Gasteiger partial charge in [-0.25, -0.2) is 15.0 Å². The van der Waals surface area contributed by atoms with Crippen molar-refractivity contribution in [2.75, 3.05) is 11.9 Å². The van der Waals surface area contributed by atoms with Gasteiger partial charge >= 0.3 is 12.0 Å². The summed E-state index contributed by atoms with van der Waals surface area (Å²) >= 11 is 0. The number of nitrogens with one attached hydrogen (secondary N) is 2. The maximum Gasteiger partial charge on any atom is 0.339 e. The normalized spacial score (nSPS) is 10.9. The third kappa shape index (κ3) is 5.06. The van der Waals surface area contributed by atoms with Gasteiger partial charge in [-0.2, -0.15) is 5.10 Å². The molecular formula is C25H28N4O3. The lowest BCUT2D eigenvalue weighted by Gasteiger charge is -2.11. The standard InChI is InChI=1S/C25H28N4O3/c1-6-32-24(30)20-10-8-11-22(14-20)29-17(3)13-21(19(29)5)15-26-28-25(31)27-23-12-7-9-16(2)18(23)4/h7-15H,6H2,1-5H3,(H2,27,28,31)/b26-15+. The summed E-state index contributed by atoms with van der Waals surface area (Å²) in [6, 6.07) is 14.6. The Balaban J connectivity index is 1.74. The van der Waals surface area contributed by atoms with E-state index in [0.717, 1.165) is 39.5 Å². The average molecular weight is 433 g/mol. The number of urea groups is 1. The molecule has 3 rings (SSSR count). The van der Waals surface area contributed by atoms with Crippen LogP contribution >= 0.6 is 0 Å². The molecule has 166 valence electrons. The van der Waals surface area contributed by atoms with E-state index in [1.165, 1.54) is 0 Å². The van der Waals surface area contributed by atoms with Gasteiger partial charge in [0.2, 0.25) is 0 Å². The van der Waals surface area contributed by atoms with Crippen LogP contribution in [0.2, 0.25) is 0 Å². The number of nitrogens with zero attached hydrogens (tertiary/aromatic N) is 2. The number of carbonyl (C=O) groups is 2. The van der Waals surface area contributed by atoms with Crippen LogP contribution in [0, 0.1) is 27.7 Å². The number of aromatic nitrogens is 1. The Kier molecular flexibility index (Phi) is 7.10. The van der Waals surface area contributed by atoms with Gasteiger partial charge in [-0.1, -0.05) is 18.2 Å². The van der Waals surface area contributed by atoms with Gasteiger partial charge in [0.05, 0.1) is 18.4 Å². The summed E-state index contributed by atoms with van der Waals surface area (Å²) in [4.78, 5) is 24.3. The summed E-state index contributed by atoms with van der Waals surface area (Å²) in [6.07, 6.45) is 1.61. The van der Waals surface area contributed by atoms with E-state index in [9.17, 15) is 9.59 Å². The summed E-state index contributed by atoms with van der Waals surface area (Å²) in [7, 11) is 0. The van der Waals surface area contributed by atoms with E-state index in [1.54, 1.807) is 25.3 Å². The summed E-state index contributed by atoms with van der Waals surface area (Å²) in [5, 5.41) is 6.90. The maximum atomic E-state index is 12.2. The average Bonchev–Trinajstić information content (AvgIpc) is 3.04. The van der Waals surface area contributed by atoms with E-state index >= 15 is 0 Å². The number of amides is 2. The number of benzene rings is 2. The zero-order valence-electron chi connectivity index (χ0n) is 19.0. The molecule has 0 bridgehead atoms. The van der Waals surface area contributed by atoms with Crippen LogP contribution in [0.1, 0.15) is 45.4 Å². The smallest absolute Gasteiger partial charge is 0.339 e. The lowest BCUT2D eigenvalue weighted by Crippen LogP contribution is -2.24. The fourth-order valence-corrected chi connectivity index (χ4v) is 3.50. The third-order valence-electron chi connectivity index (χ3n) is 5.31. The minimum absolute atomic E-state index is 0.329. The Morgan fingerprint density at radius 1 is 1.06 bits per heavy atom. The van der Waals surface area contributed by atoms with E-state index in [-0.39, 0.29) is 5.97 Å². The molecular weight excluding hydrogens is 404 g/mol. The van der Waals surface area contributed by atoms with E-state index < -0.39 is 6.03 Å². The third-order valence-corrected chi connectivity index (χ3v) is 5.31. The first-order valence-electron chi connectivity index (χ1n) is 10.4. The molecule has 2 amide bonds. The first kappa shape index (κ1) is 22.8. The first-order chi connectivity index (χ1) is 15.3. The molecule has 7 nitrogen and oxygen atoms in total. The molecule has 0 saturated carbocycles. The SMILES string of the molecule is CCOC(=O)c1cccc(-n2c(C)cc(/C=N/NC(=O)Nc3cccc(C)c3C)c2C)c1. The summed E-state index contributed by atoms with van der Waals surface area (Å²) in [5.41, 5.74) is 9.49. The zero-order valence-corrected chi connectivity index (χ0v) is 19.0. The van der Waals surface area contributed by atoms with Crippen molar-refractivity contribution >= 4 is 23.9 Å². The summed E-state index contributed by atoms with van der Waals surface area (Å²) < 4.78 is 7.13. The number of rotatable bonds is 6. The van der Waals surface area contributed by atoms with E-state index in [1.807, 2.05) is 68.7 Å². The van der Waals surface area contributed by atoms with E-state index in [0.29, 0.717) is 12.2 Å². The molecule has 0 atom stereocenters. The van der Waals surface area contributed by atoms with Crippen molar-refractivity contribution in [3.63, 3.8) is 0 Å². The Labute approximate surface area is 188 Å². The monoisotopic (exact) mass is 432 g/mol. The van der Waals surface area contributed by atoms with Crippen LogP contribution < -0.4 is 10.7 Å². The molecule has 0 fully saturated rings.